The molecule has 5 nitrogen and oxygen atoms in total. The number of hydrogen-bond acceptors (Lipinski definition) is 3. The highest BCUT2D eigenvalue weighted by atomic mass is 16.5. The number of benzene rings is 1. The van der Waals surface area contributed by atoms with Crippen molar-refractivity contribution >= 4 is 17.5 Å². The fourth-order valence-corrected chi connectivity index (χ4v) is 3.13. The number of anilines is 1. The second-order valence-corrected chi connectivity index (χ2v) is 5.62. The van der Waals surface area contributed by atoms with E-state index in [2.05, 4.69) is 5.32 Å². The number of amides is 2. The molecule has 0 bridgehead atoms. The molecule has 1 fully saturated rings. The van der Waals surface area contributed by atoms with Crippen molar-refractivity contribution in [1.82, 2.24) is 5.32 Å². The van der Waals surface area contributed by atoms with Crippen molar-refractivity contribution in [1.29, 1.82) is 0 Å². The van der Waals surface area contributed by atoms with Gasteiger partial charge in [-0.1, -0.05) is 25.0 Å². The maximum absolute atomic E-state index is 12.8. The summed E-state index contributed by atoms with van der Waals surface area (Å²) in [6.45, 7) is 0.284. The Morgan fingerprint density at radius 3 is 2.67 bits per heavy atom. The summed E-state index contributed by atoms with van der Waals surface area (Å²) in [6.07, 6.45) is 3.48. The molecule has 1 aliphatic carbocycles. The van der Waals surface area contributed by atoms with Crippen LogP contribution in [-0.2, 0) is 9.59 Å². The van der Waals surface area contributed by atoms with E-state index in [1.165, 1.54) is 0 Å². The van der Waals surface area contributed by atoms with Gasteiger partial charge in [-0.05, 0) is 25.0 Å². The summed E-state index contributed by atoms with van der Waals surface area (Å²) in [4.78, 5) is 26.4. The molecule has 21 heavy (non-hydrogen) atoms. The minimum atomic E-state index is -0.643. The zero-order valence-corrected chi connectivity index (χ0v) is 12.2. The summed E-state index contributed by atoms with van der Waals surface area (Å²) in [6, 6.07) is 7.42. The minimum absolute atomic E-state index is 0.0847. The van der Waals surface area contributed by atoms with Crippen LogP contribution in [-0.4, -0.2) is 31.5 Å². The van der Waals surface area contributed by atoms with E-state index < -0.39 is 6.10 Å². The fraction of sp³-hybridized carbons (Fsp3) is 0.500. The van der Waals surface area contributed by atoms with Crippen molar-refractivity contribution in [3.8, 4) is 5.75 Å². The lowest BCUT2D eigenvalue weighted by molar-refractivity contribution is -0.128. The maximum atomic E-state index is 12.8. The number of carbonyl (C=O) groups excluding carboxylic acids is 2. The number of likely N-dealkylation sites (N-methyl/N-ethyl adjacent to an activating group) is 1. The van der Waals surface area contributed by atoms with Crippen LogP contribution < -0.4 is 15.0 Å². The number of carbonyl (C=O) groups is 2. The van der Waals surface area contributed by atoms with E-state index in [4.69, 9.17) is 4.74 Å². The van der Waals surface area contributed by atoms with Crippen molar-refractivity contribution in [2.75, 3.05) is 18.5 Å². The Balaban J connectivity index is 1.90. The Labute approximate surface area is 124 Å². The number of rotatable bonds is 2. The molecule has 2 aliphatic rings. The molecule has 0 unspecified atom stereocenters. The molecule has 0 aromatic heterocycles. The fourth-order valence-electron chi connectivity index (χ4n) is 3.13. The zero-order valence-electron chi connectivity index (χ0n) is 12.2. The number of fused-ring (bicyclic) bond motifs is 1. The molecular formula is C16H20N2O3. The van der Waals surface area contributed by atoms with Crippen LogP contribution in [0, 0.1) is 5.92 Å². The van der Waals surface area contributed by atoms with Gasteiger partial charge in [0.2, 0.25) is 5.91 Å². The monoisotopic (exact) mass is 288 g/mol. The summed E-state index contributed by atoms with van der Waals surface area (Å²) < 4.78 is 5.72. The van der Waals surface area contributed by atoms with Gasteiger partial charge in [0.05, 0.1) is 12.2 Å². The van der Waals surface area contributed by atoms with E-state index in [0.717, 1.165) is 31.4 Å². The predicted molar refractivity (Wildman–Crippen MR) is 79.2 cm³/mol. The summed E-state index contributed by atoms with van der Waals surface area (Å²) in [7, 11) is 1.58. The van der Waals surface area contributed by atoms with Gasteiger partial charge in [0.1, 0.15) is 5.75 Å². The largest absolute Gasteiger partial charge is 0.477 e. The molecular weight excluding hydrogens is 268 g/mol. The normalized spacial score (nSPS) is 21.6. The van der Waals surface area contributed by atoms with E-state index in [-0.39, 0.29) is 24.3 Å². The highest BCUT2D eigenvalue weighted by molar-refractivity contribution is 5.98. The van der Waals surface area contributed by atoms with Crippen LogP contribution in [0.3, 0.4) is 0 Å². The first kappa shape index (κ1) is 13.9. The molecule has 2 amide bonds. The Morgan fingerprint density at radius 2 is 1.95 bits per heavy atom. The van der Waals surface area contributed by atoms with Crippen LogP contribution in [0.15, 0.2) is 24.3 Å². The number of para-hydroxylation sites is 2. The highest BCUT2D eigenvalue weighted by Gasteiger charge is 2.36. The van der Waals surface area contributed by atoms with E-state index in [1.54, 1.807) is 18.0 Å². The molecule has 0 saturated heterocycles. The van der Waals surface area contributed by atoms with Gasteiger partial charge in [0.15, 0.2) is 6.10 Å². The van der Waals surface area contributed by atoms with Crippen LogP contribution in [0.1, 0.15) is 25.7 Å². The SMILES string of the molecule is CNC(=O)[C@H]1CN(C(=O)C2CCCC2)c2ccccc2O1. The van der Waals surface area contributed by atoms with Crippen LogP contribution in [0.25, 0.3) is 0 Å². The second kappa shape index (κ2) is 5.76. The molecule has 0 radical (unpaired) electrons. The molecule has 3 rings (SSSR count). The van der Waals surface area contributed by atoms with E-state index in [1.807, 2.05) is 18.2 Å². The average Bonchev–Trinajstić information content (AvgIpc) is 3.06. The van der Waals surface area contributed by atoms with Gasteiger partial charge in [0, 0.05) is 13.0 Å². The standard InChI is InChI=1S/C16H20N2O3/c1-17-15(19)14-10-18(16(20)11-6-2-3-7-11)12-8-4-5-9-13(12)21-14/h4-5,8-9,11,14H,2-3,6-7,10H2,1H3,(H,17,19)/t14-/m1/s1. The molecule has 1 N–H and O–H groups in total. The first-order chi connectivity index (χ1) is 10.2. The summed E-state index contributed by atoms with van der Waals surface area (Å²) >= 11 is 0. The molecule has 1 heterocycles. The van der Waals surface area contributed by atoms with Crippen LogP contribution >= 0.6 is 0 Å². The lowest BCUT2D eigenvalue weighted by atomic mass is 10.0. The smallest absolute Gasteiger partial charge is 0.262 e. The molecule has 1 aromatic carbocycles. The van der Waals surface area contributed by atoms with E-state index >= 15 is 0 Å². The third-order valence-electron chi connectivity index (χ3n) is 4.28. The maximum Gasteiger partial charge on any atom is 0.262 e. The van der Waals surface area contributed by atoms with Crippen molar-refractivity contribution in [3.63, 3.8) is 0 Å². The lowest BCUT2D eigenvalue weighted by Gasteiger charge is -2.35. The minimum Gasteiger partial charge on any atom is -0.477 e. The molecule has 1 atom stereocenters. The van der Waals surface area contributed by atoms with Gasteiger partial charge in [0.25, 0.3) is 5.91 Å². The number of nitrogens with zero attached hydrogens (tertiary/aromatic N) is 1. The topological polar surface area (TPSA) is 58.6 Å². The van der Waals surface area contributed by atoms with Crippen molar-refractivity contribution < 1.29 is 14.3 Å². The van der Waals surface area contributed by atoms with Crippen LogP contribution in [0.2, 0.25) is 0 Å². The number of hydrogen-bond donors (Lipinski definition) is 1. The molecule has 1 saturated carbocycles. The third kappa shape index (κ3) is 2.60. The van der Waals surface area contributed by atoms with Gasteiger partial charge in [-0.25, -0.2) is 0 Å². The Morgan fingerprint density at radius 1 is 1.24 bits per heavy atom. The quantitative estimate of drug-likeness (QED) is 0.901. The second-order valence-electron chi connectivity index (χ2n) is 5.62. The molecule has 1 aromatic rings. The van der Waals surface area contributed by atoms with Gasteiger partial charge >= 0.3 is 0 Å². The molecule has 112 valence electrons. The van der Waals surface area contributed by atoms with E-state index in [9.17, 15) is 9.59 Å². The van der Waals surface area contributed by atoms with Crippen molar-refractivity contribution in [3.05, 3.63) is 24.3 Å². The predicted octanol–water partition coefficient (Wildman–Crippen LogP) is 1.72. The number of ether oxygens (including phenoxy) is 1. The average molecular weight is 288 g/mol. The van der Waals surface area contributed by atoms with Crippen molar-refractivity contribution in [2.45, 2.75) is 31.8 Å². The zero-order chi connectivity index (χ0) is 14.8. The van der Waals surface area contributed by atoms with E-state index in [0.29, 0.717) is 5.75 Å². The number of nitrogens with one attached hydrogen (secondary N) is 1. The summed E-state index contributed by atoms with van der Waals surface area (Å²) in [5, 5.41) is 2.59. The van der Waals surface area contributed by atoms with Crippen molar-refractivity contribution in [2.24, 2.45) is 5.92 Å². The Bertz CT molecular complexity index is 552. The van der Waals surface area contributed by atoms with Gasteiger partial charge in [-0.2, -0.15) is 0 Å². The third-order valence-corrected chi connectivity index (χ3v) is 4.28. The summed E-state index contributed by atoms with van der Waals surface area (Å²) in [5.41, 5.74) is 0.773. The first-order valence-electron chi connectivity index (χ1n) is 7.49. The Hall–Kier alpha value is -2.04. The van der Waals surface area contributed by atoms with Crippen LogP contribution in [0.5, 0.6) is 5.75 Å². The lowest BCUT2D eigenvalue weighted by Crippen LogP contribution is -2.51. The molecule has 1 aliphatic heterocycles. The van der Waals surface area contributed by atoms with Gasteiger partial charge in [-0.3, -0.25) is 9.59 Å². The molecule has 0 spiro atoms. The van der Waals surface area contributed by atoms with Gasteiger partial charge in [-0.15, -0.1) is 0 Å². The summed E-state index contributed by atoms with van der Waals surface area (Å²) in [5.74, 6) is 0.607. The van der Waals surface area contributed by atoms with Crippen LogP contribution in [0.4, 0.5) is 5.69 Å². The Kier molecular flexibility index (Phi) is 3.82. The molecule has 5 heteroatoms. The highest BCUT2D eigenvalue weighted by Crippen LogP contribution is 2.36. The van der Waals surface area contributed by atoms with Gasteiger partial charge < -0.3 is 15.0 Å². The first-order valence-corrected chi connectivity index (χ1v) is 7.49.